The van der Waals surface area contributed by atoms with Crippen molar-refractivity contribution >= 4 is 22.8 Å². The number of rotatable bonds is 4. The number of alkyl halides is 3. The molecule has 1 fully saturated rings. The van der Waals surface area contributed by atoms with Gasteiger partial charge in [-0.3, -0.25) is 9.67 Å². The molecule has 1 saturated heterocycles. The number of amides is 1. The number of aromatic nitrogens is 6. The van der Waals surface area contributed by atoms with Crippen molar-refractivity contribution in [1.29, 1.82) is 0 Å². The van der Waals surface area contributed by atoms with E-state index in [4.69, 9.17) is 9.72 Å². The average Bonchev–Trinajstić information content (AvgIpc) is 3.44. The van der Waals surface area contributed by atoms with E-state index in [1.54, 1.807) is 28.0 Å². The Hall–Kier alpha value is -4.16. The predicted molar refractivity (Wildman–Crippen MR) is 143 cm³/mol. The maximum Gasteiger partial charge on any atom is 0.410 e. The van der Waals surface area contributed by atoms with Crippen molar-refractivity contribution in [3.63, 3.8) is 0 Å². The number of carbonyl (C=O) groups is 1. The highest BCUT2D eigenvalue weighted by molar-refractivity contribution is 5.83. The van der Waals surface area contributed by atoms with Crippen LogP contribution in [0.3, 0.4) is 0 Å². The Kier molecular flexibility index (Phi) is 7.15. The zero-order chi connectivity index (χ0) is 28.7. The van der Waals surface area contributed by atoms with Gasteiger partial charge in [0.05, 0.1) is 23.6 Å². The lowest BCUT2D eigenvalue weighted by atomic mass is 10.1. The lowest BCUT2D eigenvalue weighted by Gasteiger charge is -2.27. The molecular weight excluding hydrogens is 525 g/mol. The van der Waals surface area contributed by atoms with E-state index in [1.165, 1.54) is 12.4 Å². The van der Waals surface area contributed by atoms with Crippen LogP contribution >= 0.6 is 0 Å². The summed E-state index contributed by atoms with van der Waals surface area (Å²) in [5, 5.41) is 9.08. The van der Waals surface area contributed by atoms with Crippen molar-refractivity contribution in [3.8, 4) is 17.1 Å². The van der Waals surface area contributed by atoms with Crippen LogP contribution in [0, 0.1) is 5.92 Å². The summed E-state index contributed by atoms with van der Waals surface area (Å²) in [5.41, 5.74) is 1.09. The molecule has 40 heavy (non-hydrogen) atoms. The van der Waals surface area contributed by atoms with Gasteiger partial charge in [-0.15, -0.1) is 0 Å². The molecule has 1 aliphatic heterocycles. The Morgan fingerprint density at radius 1 is 1.05 bits per heavy atom. The summed E-state index contributed by atoms with van der Waals surface area (Å²) in [7, 11) is 0. The van der Waals surface area contributed by atoms with Crippen LogP contribution in [0.1, 0.15) is 27.7 Å². The van der Waals surface area contributed by atoms with Crippen LogP contribution in [0.5, 0.6) is 0 Å². The first-order valence-corrected chi connectivity index (χ1v) is 13.0. The third-order valence-electron chi connectivity index (χ3n) is 6.34. The number of pyridine rings is 2. The molecule has 4 aromatic rings. The van der Waals surface area contributed by atoms with Gasteiger partial charge < -0.3 is 14.5 Å². The molecule has 1 unspecified atom stereocenters. The Labute approximate surface area is 229 Å². The first-order valence-electron chi connectivity index (χ1n) is 13.0. The minimum absolute atomic E-state index is 0.193. The molecular formula is C27H31F3N8O2. The van der Waals surface area contributed by atoms with Crippen LogP contribution in [0.2, 0.25) is 0 Å². The van der Waals surface area contributed by atoms with Gasteiger partial charge >= 0.3 is 12.3 Å². The smallest absolute Gasteiger partial charge is 0.410 e. The highest BCUT2D eigenvalue weighted by Crippen LogP contribution is 2.26. The van der Waals surface area contributed by atoms with Gasteiger partial charge in [0, 0.05) is 49.5 Å². The summed E-state index contributed by atoms with van der Waals surface area (Å²) in [6.45, 7) is 8.88. The molecule has 4 aromatic heterocycles. The second-order valence-electron chi connectivity index (χ2n) is 11.1. The fourth-order valence-corrected chi connectivity index (χ4v) is 4.67. The minimum Gasteiger partial charge on any atom is -0.444 e. The summed E-state index contributed by atoms with van der Waals surface area (Å²) < 4.78 is 46.4. The molecule has 0 aromatic carbocycles. The maximum atomic E-state index is 12.8. The summed E-state index contributed by atoms with van der Waals surface area (Å²) >= 11 is 0. The van der Waals surface area contributed by atoms with E-state index < -0.39 is 18.3 Å². The van der Waals surface area contributed by atoms with Crippen molar-refractivity contribution in [2.45, 2.75) is 46.0 Å². The summed E-state index contributed by atoms with van der Waals surface area (Å²) in [6.07, 6.45) is 1.29. The number of fused-ring (bicyclic) bond motifs is 1. The molecule has 5 rings (SSSR count). The fourth-order valence-electron chi connectivity index (χ4n) is 4.67. The lowest BCUT2D eigenvalue weighted by Crippen LogP contribution is -2.40. The van der Waals surface area contributed by atoms with Crippen molar-refractivity contribution < 1.29 is 22.7 Å². The maximum absolute atomic E-state index is 12.8. The second-order valence-corrected chi connectivity index (χ2v) is 11.1. The minimum atomic E-state index is -4.37. The normalized spacial score (nSPS) is 16.8. The quantitative estimate of drug-likeness (QED) is 0.352. The number of hydrogen-bond donors (Lipinski definition) is 0. The van der Waals surface area contributed by atoms with Gasteiger partial charge in [0.2, 0.25) is 0 Å². The molecule has 0 spiro atoms. The molecule has 5 heterocycles. The van der Waals surface area contributed by atoms with E-state index in [9.17, 15) is 18.0 Å². The van der Waals surface area contributed by atoms with Crippen molar-refractivity contribution in [2.24, 2.45) is 5.92 Å². The topological polar surface area (TPSA) is 94.2 Å². The van der Waals surface area contributed by atoms with Crippen molar-refractivity contribution in [1.82, 2.24) is 34.4 Å². The summed E-state index contributed by atoms with van der Waals surface area (Å²) in [4.78, 5) is 25.8. The van der Waals surface area contributed by atoms with Crippen LogP contribution in [-0.4, -0.2) is 78.5 Å². The molecule has 0 saturated carbocycles. The Morgan fingerprint density at radius 2 is 1.82 bits per heavy atom. The molecule has 10 nitrogen and oxygen atoms in total. The summed E-state index contributed by atoms with van der Waals surface area (Å²) in [5.74, 6) is 1.53. The van der Waals surface area contributed by atoms with Crippen molar-refractivity contribution in [2.75, 3.05) is 31.1 Å². The Balaban J connectivity index is 1.38. The number of anilines is 1. The average molecular weight is 557 g/mol. The van der Waals surface area contributed by atoms with Crippen molar-refractivity contribution in [3.05, 3.63) is 49.1 Å². The number of halogens is 3. The molecule has 0 bridgehead atoms. The van der Waals surface area contributed by atoms with Gasteiger partial charge in [-0.1, -0.05) is 13.0 Å². The number of hydrogen-bond acceptors (Lipinski definition) is 7. The van der Waals surface area contributed by atoms with Gasteiger partial charge in [-0.05, 0) is 44.9 Å². The van der Waals surface area contributed by atoms with Crippen LogP contribution in [0.4, 0.5) is 23.8 Å². The number of ether oxygens (including phenoxy) is 1. The lowest BCUT2D eigenvalue weighted by molar-refractivity contribution is -0.142. The first kappa shape index (κ1) is 27.4. The van der Waals surface area contributed by atoms with E-state index in [0.717, 1.165) is 15.9 Å². The predicted octanol–water partition coefficient (Wildman–Crippen LogP) is 4.93. The fraction of sp³-hybridized carbons (Fsp3) is 0.444. The number of carbonyl (C=O) groups excluding carboxylic acids is 1. The third-order valence-corrected chi connectivity index (χ3v) is 6.34. The standard InChI is InChI=1S/C27H31F3N8O2/c1-18-14-35(8-9-36(15-18)25(39)40-26(2,3)4)23-6-5-7-24(34-23)38-22-10-21(31-11-19(22)12-33-38)20-13-32-37(16-20)17-27(28,29)30/h5-7,10-13,16,18H,8-9,14-15,17H2,1-4H3. The monoisotopic (exact) mass is 556 g/mol. The highest BCUT2D eigenvalue weighted by atomic mass is 19.4. The Bertz CT molecular complexity index is 1510. The molecule has 212 valence electrons. The van der Waals surface area contributed by atoms with Crippen LogP contribution in [-0.2, 0) is 11.3 Å². The number of nitrogens with zero attached hydrogens (tertiary/aromatic N) is 8. The van der Waals surface area contributed by atoms with E-state index >= 15 is 0 Å². The van der Waals surface area contributed by atoms with Crippen LogP contribution < -0.4 is 4.90 Å². The molecule has 13 heteroatoms. The first-order chi connectivity index (χ1) is 18.8. The molecule has 1 aliphatic rings. The highest BCUT2D eigenvalue weighted by Gasteiger charge is 2.29. The molecule has 0 radical (unpaired) electrons. The van der Waals surface area contributed by atoms with E-state index in [2.05, 4.69) is 27.0 Å². The van der Waals surface area contributed by atoms with Crippen LogP contribution in [0.25, 0.3) is 28.0 Å². The van der Waals surface area contributed by atoms with E-state index in [-0.39, 0.29) is 12.0 Å². The largest absolute Gasteiger partial charge is 0.444 e. The Morgan fingerprint density at radius 3 is 2.58 bits per heavy atom. The zero-order valence-corrected chi connectivity index (χ0v) is 22.8. The molecule has 0 N–H and O–H groups in total. The molecule has 1 amide bonds. The van der Waals surface area contributed by atoms with Crippen LogP contribution in [0.15, 0.2) is 49.1 Å². The van der Waals surface area contributed by atoms with Gasteiger partial charge in [0.25, 0.3) is 0 Å². The van der Waals surface area contributed by atoms with Gasteiger partial charge in [-0.25, -0.2) is 14.5 Å². The molecule has 0 aliphatic carbocycles. The van der Waals surface area contributed by atoms with Gasteiger partial charge in [0.15, 0.2) is 5.82 Å². The van der Waals surface area contributed by atoms with Gasteiger partial charge in [0.1, 0.15) is 18.0 Å². The van der Waals surface area contributed by atoms with Gasteiger partial charge in [-0.2, -0.15) is 23.4 Å². The van der Waals surface area contributed by atoms with E-state index in [1.807, 2.05) is 39.0 Å². The zero-order valence-electron chi connectivity index (χ0n) is 22.8. The second kappa shape index (κ2) is 10.4. The molecule has 1 atom stereocenters. The summed E-state index contributed by atoms with van der Waals surface area (Å²) in [6, 6.07) is 7.42. The SMILES string of the molecule is CC1CN(C(=O)OC(C)(C)C)CCN(c2cccc(-n3ncc4cnc(-c5cnn(CC(F)(F)F)c5)cc43)n2)C1. The third kappa shape index (κ3) is 6.35. The van der Waals surface area contributed by atoms with E-state index in [0.29, 0.717) is 48.8 Å².